The monoisotopic (exact) mass is 542 g/mol. The number of rotatable bonds is 9. The highest BCUT2D eigenvalue weighted by atomic mass is 16.6. The van der Waals surface area contributed by atoms with Crippen LogP contribution in [0.3, 0.4) is 0 Å². The highest BCUT2D eigenvalue weighted by Crippen LogP contribution is 2.27. The highest BCUT2D eigenvalue weighted by Gasteiger charge is 2.35. The maximum atomic E-state index is 12.6. The van der Waals surface area contributed by atoms with Crippen molar-refractivity contribution in [2.45, 2.75) is 97.2 Å². The summed E-state index contributed by atoms with van der Waals surface area (Å²) >= 11 is 0. The number of carbonyl (C=O) groups excluding carboxylic acids is 2. The molecule has 1 aromatic rings. The molecule has 7 heteroatoms. The molecule has 7 nitrogen and oxygen atoms in total. The molecule has 1 unspecified atom stereocenters. The molecule has 1 heterocycles. The van der Waals surface area contributed by atoms with Crippen LogP contribution in [0.25, 0.3) is 0 Å². The van der Waals surface area contributed by atoms with E-state index in [9.17, 15) is 19.8 Å². The van der Waals surface area contributed by atoms with E-state index in [-0.39, 0.29) is 25.2 Å². The second-order valence-electron chi connectivity index (χ2n) is 11.0. The predicted octanol–water partition coefficient (Wildman–Crippen LogP) is 5.24. The molecule has 1 aromatic carbocycles. The van der Waals surface area contributed by atoms with Gasteiger partial charge in [0.2, 0.25) is 0 Å². The quantitative estimate of drug-likeness (QED) is 0.250. The van der Waals surface area contributed by atoms with Gasteiger partial charge in [0.1, 0.15) is 17.8 Å². The maximum absolute atomic E-state index is 12.6. The molecule has 0 amide bonds. The molecule has 0 bridgehead atoms. The van der Waals surface area contributed by atoms with Gasteiger partial charge in [-0.25, -0.2) is 0 Å². The predicted molar refractivity (Wildman–Crippen MR) is 152 cm³/mol. The molecule has 6 atom stereocenters. The number of esters is 2. The Morgan fingerprint density at radius 3 is 2.59 bits per heavy atom. The Bertz CT molecular complexity index is 1020. The van der Waals surface area contributed by atoms with Crippen molar-refractivity contribution in [3.05, 3.63) is 71.3 Å². The first-order valence-electron chi connectivity index (χ1n) is 13.8. The van der Waals surface area contributed by atoms with Crippen LogP contribution in [0.1, 0.15) is 71.4 Å². The van der Waals surface area contributed by atoms with Gasteiger partial charge in [-0.15, -0.1) is 0 Å². The molecule has 0 saturated heterocycles. The van der Waals surface area contributed by atoms with Crippen molar-refractivity contribution in [1.82, 2.24) is 0 Å². The van der Waals surface area contributed by atoms with E-state index in [1.807, 2.05) is 32.1 Å². The van der Waals surface area contributed by atoms with E-state index in [1.54, 1.807) is 26.2 Å². The zero-order chi connectivity index (χ0) is 29.0. The zero-order valence-corrected chi connectivity index (χ0v) is 24.3. The van der Waals surface area contributed by atoms with Crippen LogP contribution in [-0.2, 0) is 36.8 Å². The number of methoxy groups -OCH3 is 1. The second-order valence-corrected chi connectivity index (χ2v) is 11.0. The number of aliphatic hydroxyl groups excluding tert-OH is 1. The van der Waals surface area contributed by atoms with Crippen molar-refractivity contribution in [3.8, 4) is 0 Å². The van der Waals surface area contributed by atoms with Crippen LogP contribution < -0.4 is 0 Å². The molecule has 0 aliphatic carbocycles. The van der Waals surface area contributed by atoms with E-state index in [0.29, 0.717) is 12.5 Å². The van der Waals surface area contributed by atoms with E-state index < -0.39 is 35.9 Å². The summed E-state index contributed by atoms with van der Waals surface area (Å²) in [6.45, 7) is 9.43. The van der Waals surface area contributed by atoms with E-state index in [2.05, 4.69) is 31.2 Å². The fraction of sp³-hybridized carbons (Fsp3) is 0.562. The van der Waals surface area contributed by atoms with Gasteiger partial charge in [0, 0.05) is 20.0 Å². The summed E-state index contributed by atoms with van der Waals surface area (Å²) in [6.07, 6.45) is 9.16. The largest absolute Gasteiger partial charge is 0.457 e. The van der Waals surface area contributed by atoms with Crippen molar-refractivity contribution < 1.29 is 34.0 Å². The van der Waals surface area contributed by atoms with Crippen molar-refractivity contribution in [3.63, 3.8) is 0 Å². The van der Waals surface area contributed by atoms with Crippen molar-refractivity contribution in [2.75, 3.05) is 7.11 Å². The first kappa shape index (κ1) is 32.5. The highest BCUT2D eigenvalue weighted by molar-refractivity contribution is 5.70. The molecule has 2 N–H and O–H groups in total. The molecule has 0 saturated carbocycles. The zero-order valence-electron chi connectivity index (χ0n) is 24.3. The molecule has 0 aromatic heterocycles. The summed E-state index contributed by atoms with van der Waals surface area (Å²) in [4.78, 5) is 24.3. The minimum atomic E-state index is -1.39. The minimum absolute atomic E-state index is 0.154. The van der Waals surface area contributed by atoms with Crippen LogP contribution in [0.5, 0.6) is 0 Å². The van der Waals surface area contributed by atoms with Gasteiger partial charge in [-0.05, 0) is 68.2 Å². The summed E-state index contributed by atoms with van der Waals surface area (Å²) in [7, 11) is 1.71. The van der Waals surface area contributed by atoms with Crippen LogP contribution in [0.4, 0.5) is 0 Å². The number of benzene rings is 1. The third kappa shape index (κ3) is 11.1. The number of hydrogen-bond acceptors (Lipinski definition) is 7. The Labute approximate surface area is 233 Å². The molecule has 0 fully saturated rings. The van der Waals surface area contributed by atoms with Gasteiger partial charge in [-0.3, -0.25) is 9.59 Å². The van der Waals surface area contributed by atoms with E-state index >= 15 is 0 Å². The Balaban J connectivity index is 2.16. The maximum Gasteiger partial charge on any atom is 0.309 e. The van der Waals surface area contributed by atoms with Crippen LogP contribution in [0.15, 0.2) is 60.2 Å². The first-order chi connectivity index (χ1) is 18.4. The molecule has 1 aliphatic heterocycles. The van der Waals surface area contributed by atoms with Gasteiger partial charge in [0.15, 0.2) is 0 Å². The molecule has 1 aliphatic rings. The summed E-state index contributed by atoms with van der Waals surface area (Å²) in [5.41, 5.74) is 1.95. The van der Waals surface area contributed by atoms with Crippen molar-refractivity contribution in [2.24, 2.45) is 11.8 Å². The lowest BCUT2D eigenvalue weighted by molar-refractivity contribution is -0.157. The van der Waals surface area contributed by atoms with Gasteiger partial charge in [0.05, 0.1) is 19.1 Å². The summed E-state index contributed by atoms with van der Waals surface area (Å²) in [5, 5.41) is 21.3. The molecule has 2 rings (SSSR count). The van der Waals surface area contributed by atoms with Gasteiger partial charge in [-0.2, -0.15) is 0 Å². The Hall–Kier alpha value is -2.74. The molecule has 0 radical (unpaired) electrons. The smallest absolute Gasteiger partial charge is 0.309 e. The average Bonchev–Trinajstić information content (AvgIpc) is 2.87. The van der Waals surface area contributed by atoms with Gasteiger partial charge >= 0.3 is 11.9 Å². The fourth-order valence-corrected chi connectivity index (χ4v) is 4.70. The second kappa shape index (κ2) is 15.8. The molecule has 0 spiro atoms. The van der Waals surface area contributed by atoms with Gasteiger partial charge in [-0.1, -0.05) is 62.4 Å². The summed E-state index contributed by atoms with van der Waals surface area (Å²) < 4.78 is 16.5. The Kier molecular flexibility index (Phi) is 13.1. The van der Waals surface area contributed by atoms with Crippen molar-refractivity contribution in [1.29, 1.82) is 0 Å². The SMILES string of the molecule is COCc1ccccc1CCC(C)/C=C/C=C(\C)[C@H]1OC(=O)C[C@H](O)CC[C@@](C)(O)[C@@H](OC(C)=O)/C=C/[C@@H]1C. The molecular weight excluding hydrogens is 496 g/mol. The molecular formula is C32H46O7. The normalized spacial score (nSPS) is 28.7. The van der Waals surface area contributed by atoms with Crippen LogP contribution in [0, 0.1) is 11.8 Å². The third-order valence-electron chi connectivity index (χ3n) is 7.15. The van der Waals surface area contributed by atoms with Gasteiger partial charge in [0.25, 0.3) is 0 Å². The summed E-state index contributed by atoms with van der Waals surface area (Å²) in [6, 6.07) is 8.32. The number of ether oxygens (including phenoxy) is 3. The number of cyclic esters (lactones) is 1. The topological polar surface area (TPSA) is 102 Å². The van der Waals surface area contributed by atoms with E-state index in [1.165, 1.54) is 18.1 Å². The number of allylic oxidation sites excluding steroid dienone is 3. The van der Waals surface area contributed by atoms with E-state index in [4.69, 9.17) is 14.2 Å². The first-order valence-corrected chi connectivity index (χ1v) is 13.8. The Morgan fingerprint density at radius 1 is 1.23 bits per heavy atom. The standard InChI is InChI=1S/C32H46O7/c1-22(14-16-26-12-7-8-13-27(26)21-37-6)10-9-11-23(2)31-24(3)15-17-29(38-25(4)33)32(5,36)19-18-28(34)20-30(35)39-31/h7-13,15,17,22,24,28-29,31,34,36H,14,16,18-21H2,1-6H3/b10-9+,17-15+,23-11+/t22?,24-,28+,29-,31+,32+/m0/s1. The number of aliphatic hydroxyl groups is 2. The lowest BCUT2D eigenvalue weighted by atomic mass is 9.88. The van der Waals surface area contributed by atoms with E-state index in [0.717, 1.165) is 18.4 Å². The fourth-order valence-electron chi connectivity index (χ4n) is 4.70. The molecule has 216 valence electrons. The summed E-state index contributed by atoms with van der Waals surface area (Å²) in [5.74, 6) is -0.934. The minimum Gasteiger partial charge on any atom is -0.457 e. The number of carbonyl (C=O) groups is 2. The Morgan fingerprint density at radius 2 is 1.92 bits per heavy atom. The van der Waals surface area contributed by atoms with Crippen LogP contribution in [0.2, 0.25) is 0 Å². The number of hydrogen-bond donors (Lipinski definition) is 2. The lowest BCUT2D eigenvalue weighted by Crippen LogP contribution is -2.42. The van der Waals surface area contributed by atoms with Crippen molar-refractivity contribution >= 4 is 11.9 Å². The van der Waals surface area contributed by atoms with Gasteiger partial charge < -0.3 is 24.4 Å². The van der Waals surface area contributed by atoms with Crippen LogP contribution >= 0.6 is 0 Å². The average molecular weight is 543 g/mol. The number of aryl methyl sites for hydroxylation is 1. The lowest BCUT2D eigenvalue weighted by Gasteiger charge is -2.32. The van der Waals surface area contributed by atoms with Crippen LogP contribution in [-0.4, -0.2) is 53.2 Å². The third-order valence-corrected chi connectivity index (χ3v) is 7.15. The molecule has 39 heavy (non-hydrogen) atoms.